The second kappa shape index (κ2) is 2.94. The van der Waals surface area contributed by atoms with Gasteiger partial charge in [-0.25, -0.2) is 0 Å². The summed E-state index contributed by atoms with van der Waals surface area (Å²) in [7, 11) is 0. The van der Waals surface area contributed by atoms with Gasteiger partial charge in [0.15, 0.2) is 0 Å². The molecule has 0 radical (unpaired) electrons. The molecule has 0 spiro atoms. The van der Waals surface area contributed by atoms with Crippen LogP contribution in [0.5, 0.6) is 0 Å². The molecule has 0 fully saturated rings. The molecule has 3 nitrogen and oxygen atoms in total. The lowest BCUT2D eigenvalue weighted by molar-refractivity contribution is 0.106. The van der Waals surface area contributed by atoms with Crippen molar-refractivity contribution >= 4 is 11.5 Å². The zero-order chi connectivity index (χ0) is 10.3. The molecule has 0 aromatic heterocycles. The van der Waals surface area contributed by atoms with Gasteiger partial charge in [-0.15, -0.1) is 0 Å². The van der Waals surface area contributed by atoms with Gasteiger partial charge in [0.25, 0.3) is 0 Å². The van der Waals surface area contributed by atoms with Gasteiger partial charge in [0, 0.05) is 12.0 Å². The minimum atomic E-state index is -0.148. The fraction of sp³-hybridized carbons (Fsp3) is 0.273. The first kappa shape index (κ1) is 8.94. The monoisotopic (exact) mass is 189 g/mol. The number of hydrogen-bond donors (Lipinski definition) is 1. The standard InChI is InChI=1S/C11H11NO2/c1-6-3-4-8-9(7(6)2)5-10(12-14)11(8)13/h3-4,14H,5H2,1-2H3/b12-10-. The maximum Gasteiger partial charge on any atom is 0.211 e. The average molecular weight is 189 g/mol. The summed E-state index contributed by atoms with van der Waals surface area (Å²) < 4.78 is 0. The fourth-order valence-corrected chi connectivity index (χ4v) is 1.80. The van der Waals surface area contributed by atoms with Crippen molar-refractivity contribution in [3.63, 3.8) is 0 Å². The third kappa shape index (κ3) is 1.05. The van der Waals surface area contributed by atoms with Crippen LogP contribution in [0.2, 0.25) is 0 Å². The van der Waals surface area contributed by atoms with Gasteiger partial charge in [0.05, 0.1) is 0 Å². The molecule has 72 valence electrons. The van der Waals surface area contributed by atoms with Gasteiger partial charge in [0.1, 0.15) is 5.71 Å². The van der Waals surface area contributed by atoms with E-state index < -0.39 is 0 Å². The predicted octanol–water partition coefficient (Wildman–Crippen LogP) is 1.87. The van der Waals surface area contributed by atoms with Crippen molar-refractivity contribution in [3.8, 4) is 0 Å². The van der Waals surface area contributed by atoms with Crippen molar-refractivity contribution in [1.82, 2.24) is 0 Å². The Hall–Kier alpha value is -1.64. The largest absolute Gasteiger partial charge is 0.411 e. The van der Waals surface area contributed by atoms with Gasteiger partial charge in [0.2, 0.25) is 5.78 Å². The highest BCUT2D eigenvalue weighted by Gasteiger charge is 2.28. The minimum absolute atomic E-state index is 0.148. The Labute approximate surface area is 82.1 Å². The first-order chi connectivity index (χ1) is 6.65. The van der Waals surface area contributed by atoms with Crippen LogP contribution < -0.4 is 0 Å². The van der Waals surface area contributed by atoms with Gasteiger partial charge < -0.3 is 5.21 Å². The molecule has 1 aromatic rings. The number of carbonyl (C=O) groups excluding carboxylic acids is 1. The van der Waals surface area contributed by atoms with Crippen LogP contribution in [0.4, 0.5) is 0 Å². The Balaban J connectivity index is 2.65. The lowest BCUT2D eigenvalue weighted by Crippen LogP contribution is -2.06. The van der Waals surface area contributed by atoms with Crippen molar-refractivity contribution in [2.24, 2.45) is 5.16 Å². The van der Waals surface area contributed by atoms with E-state index in [0.29, 0.717) is 12.0 Å². The molecule has 2 rings (SSSR count). The molecule has 3 heteroatoms. The molecule has 1 aliphatic rings. The highest BCUT2D eigenvalue weighted by atomic mass is 16.4. The van der Waals surface area contributed by atoms with Crippen LogP contribution in [-0.2, 0) is 6.42 Å². The van der Waals surface area contributed by atoms with Crippen molar-refractivity contribution in [1.29, 1.82) is 0 Å². The minimum Gasteiger partial charge on any atom is -0.411 e. The van der Waals surface area contributed by atoms with Crippen LogP contribution in [0, 0.1) is 13.8 Å². The highest BCUT2D eigenvalue weighted by molar-refractivity contribution is 6.49. The number of hydrogen-bond acceptors (Lipinski definition) is 3. The number of aryl methyl sites for hydroxylation is 1. The van der Waals surface area contributed by atoms with E-state index in [9.17, 15) is 4.79 Å². The Morgan fingerprint density at radius 1 is 1.36 bits per heavy atom. The van der Waals surface area contributed by atoms with Crippen molar-refractivity contribution in [3.05, 3.63) is 34.4 Å². The lowest BCUT2D eigenvalue weighted by Gasteiger charge is -2.04. The van der Waals surface area contributed by atoms with E-state index in [2.05, 4.69) is 5.16 Å². The predicted molar refractivity (Wildman–Crippen MR) is 53.2 cm³/mol. The second-order valence-electron chi connectivity index (χ2n) is 3.59. The zero-order valence-corrected chi connectivity index (χ0v) is 8.16. The smallest absolute Gasteiger partial charge is 0.211 e. The number of benzene rings is 1. The van der Waals surface area contributed by atoms with Gasteiger partial charge >= 0.3 is 0 Å². The fourth-order valence-electron chi connectivity index (χ4n) is 1.80. The van der Waals surface area contributed by atoms with E-state index in [4.69, 9.17) is 5.21 Å². The quantitative estimate of drug-likeness (QED) is 0.500. The molecule has 0 saturated carbocycles. The summed E-state index contributed by atoms with van der Waals surface area (Å²) in [6.45, 7) is 4.00. The first-order valence-corrected chi connectivity index (χ1v) is 4.50. The third-order valence-electron chi connectivity index (χ3n) is 2.84. The zero-order valence-electron chi connectivity index (χ0n) is 8.16. The summed E-state index contributed by atoms with van der Waals surface area (Å²) >= 11 is 0. The molecule has 1 aromatic carbocycles. The van der Waals surface area contributed by atoms with Gasteiger partial charge in [-0.3, -0.25) is 4.79 Å². The normalized spacial score (nSPS) is 17.6. The van der Waals surface area contributed by atoms with E-state index >= 15 is 0 Å². The van der Waals surface area contributed by atoms with E-state index in [1.807, 2.05) is 19.9 Å². The van der Waals surface area contributed by atoms with Crippen molar-refractivity contribution in [2.75, 3.05) is 0 Å². The van der Waals surface area contributed by atoms with Crippen LogP contribution in [0.1, 0.15) is 27.0 Å². The number of fused-ring (bicyclic) bond motifs is 1. The molecule has 0 amide bonds. The Morgan fingerprint density at radius 2 is 2.07 bits per heavy atom. The summed E-state index contributed by atoms with van der Waals surface area (Å²) in [6.07, 6.45) is 0.457. The van der Waals surface area contributed by atoms with Crippen LogP contribution in [0.15, 0.2) is 17.3 Å². The molecule has 1 aliphatic carbocycles. The molecule has 0 bridgehead atoms. The highest BCUT2D eigenvalue weighted by Crippen LogP contribution is 2.25. The number of oxime groups is 1. The lowest BCUT2D eigenvalue weighted by atomic mass is 10.00. The summed E-state index contributed by atoms with van der Waals surface area (Å²) in [4.78, 5) is 11.6. The molecular weight excluding hydrogens is 178 g/mol. The topological polar surface area (TPSA) is 49.7 Å². The molecule has 1 N–H and O–H groups in total. The molecule has 0 saturated heterocycles. The Morgan fingerprint density at radius 3 is 2.71 bits per heavy atom. The van der Waals surface area contributed by atoms with Crippen LogP contribution in [0.25, 0.3) is 0 Å². The van der Waals surface area contributed by atoms with Crippen molar-refractivity contribution in [2.45, 2.75) is 20.3 Å². The number of carbonyl (C=O) groups is 1. The van der Waals surface area contributed by atoms with Gasteiger partial charge in [-0.1, -0.05) is 17.3 Å². The SMILES string of the molecule is Cc1ccc2c(c1C)C/C(=N/O)C2=O. The number of rotatable bonds is 0. The summed E-state index contributed by atoms with van der Waals surface area (Å²) in [5.41, 5.74) is 4.21. The summed E-state index contributed by atoms with van der Waals surface area (Å²) in [6, 6.07) is 3.73. The maximum atomic E-state index is 11.6. The average Bonchev–Trinajstić information content (AvgIpc) is 2.50. The van der Waals surface area contributed by atoms with Crippen LogP contribution in [0.3, 0.4) is 0 Å². The van der Waals surface area contributed by atoms with Gasteiger partial charge in [-0.2, -0.15) is 0 Å². The molecule has 14 heavy (non-hydrogen) atoms. The second-order valence-corrected chi connectivity index (χ2v) is 3.59. The van der Waals surface area contributed by atoms with E-state index in [0.717, 1.165) is 16.7 Å². The number of nitrogens with zero attached hydrogens (tertiary/aromatic N) is 1. The number of ketones is 1. The molecule has 0 heterocycles. The summed E-state index contributed by atoms with van der Waals surface area (Å²) in [5.74, 6) is -0.148. The summed E-state index contributed by atoms with van der Waals surface area (Å²) in [5, 5.41) is 11.7. The van der Waals surface area contributed by atoms with E-state index in [1.54, 1.807) is 6.07 Å². The van der Waals surface area contributed by atoms with Crippen molar-refractivity contribution < 1.29 is 10.0 Å². The number of Topliss-reactive ketones (excluding diaryl/α,β-unsaturated/α-hetero) is 1. The van der Waals surface area contributed by atoms with E-state index in [-0.39, 0.29) is 11.5 Å². The molecule has 0 unspecified atom stereocenters. The Kier molecular flexibility index (Phi) is 1.88. The molecule has 0 atom stereocenters. The van der Waals surface area contributed by atoms with Crippen LogP contribution in [-0.4, -0.2) is 16.7 Å². The Bertz CT molecular complexity index is 447. The van der Waals surface area contributed by atoms with Gasteiger partial charge in [-0.05, 0) is 30.5 Å². The van der Waals surface area contributed by atoms with E-state index in [1.165, 1.54) is 0 Å². The molecular formula is C11H11NO2. The van der Waals surface area contributed by atoms with Crippen LogP contribution >= 0.6 is 0 Å². The first-order valence-electron chi connectivity index (χ1n) is 4.50. The third-order valence-corrected chi connectivity index (χ3v) is 2.84. The maximum absolute atomic E-state index is 11.6. The molecule has 0 aliphatic heterocycles.